The van der Waals surface area contributed by atoms with Crippen molar-refractivity contribution < 1.29 is 13.6 Å². The van der Waals surface area contributed by atoms with Crippen molar-refractivity contribution in [3.63, 3.8) is 0 Å². The molecule has 1 fully saturated rings. The lowest BCUT2D eigenvalue weighted by molar-refractivity contribution is 0.0852. The first-order valence-electron chi connectivity index (χ1n) is 7.74. The number of carbonyl (C=O) groups is 1. The second-order valence-electron chi connectivity index (χ2n) is 6.26. The SMILES string of the molecule is O=C(NCC1(Cc2cc(F)ccc2F)CCC1)c1cncc(=O)[nH]1. The highest BCUT2D eigenvalue weighted by Gasteiger charge is 2.38. The van der Waals surface area contributed by atoms with E-state index in [0.29, 0.717) is 18.5 Å². The average Bonchev–Trinajstić information content (AvgIpc) is 2.52. The van der Waals surface area contributed by atoms with E-state index in [-0.39, 0.29) is 11.1 Å². The number of rotatable bonds is 5. The molecule has 0 bridgehead atoms. The van der Waals surface area contributed by atoms with Gasteiger partial charge in [0, 0.05) is 6.54 Å². The van der Waals surface area contributed by atoms with Gasteiger partial charge >= 0.3 is 0 Å². The highest BCUT2D eigenvalue weighted by atomic mass is 19.1. The number of hydrogen-bond donors (Lipinski definition) is 2. The van der Waals surface area contributed by atoms with Crippen molar-refractivity contribution >= 4 is 5.91 Å². The van der Waals surface area contributed by atoms with Crippen LogP contribution in [0, 0.1) is 17.0 Å². The van der Waals surface area contributed by atoms with Crippen molar-refractivity contribution in [2.75, 3.05) is 6.54 Å². The Labute approximate surface area is 137 Å². The van der Waals surface area contributed by atoms with Crippen molar-refractivity contribution in [2.24, 2.45) is 5.41 Å². The molecule has 0 aliphatic heterocycles. The van der Waals surface area contributed by atoms with Gasteiger partial charge in [-0.25, -0.2) is 8.78 Å². The molecule has 1 heterocycles. The van der Waals surface area contributed by atoms with Gasteiger partial charge in [0.1, 0.15) is 17.3 Å². The molecule has 1 saturated carbocycles. The maximum Gasteiger partial charge on any atom is 0.269 e. The number of carbonyl (C=O) groups excluding carboxylic acids is 1. The lowest BCUT2D eigenvalue weighted by Crippen LogP contribution is -2.44. The van der Waals surface area contributed by atoms with Crippen LogP contribution in [0.25, 0.3) is 0 Å². The van der Waals surface area contributed by atoms with Crippen LogP contribution in [0.4, 0.5) is 8.78 Å². The van der Waals surface area contributed by atoms with Gasteiger partial charge in [0.15, 0.2) is 0 Å². The Kier molecular flexibility index (Phi) is 4.42. The van der Waals surface area contributed by atoms with Gasteiger partial charge in [-0.15, -0.1) is 0 Å². The molecule has 1 amide bonds. The summed E-state index contributed by atoms with van der Waals surface area (Å²) in [5.41, 5.74) is -0.345. The van der Waals surface area contributed by atoms with E-state index in [9.17, 15) is 18.4 Å². The molecule has 5 nitrogen and oxygen atoms in total. The first-order chi connectivity index (χ1) is 11.5. The normalized spacial score (nSPS) is 15.6. The summed E-state index contributed by atoms with van der Waals surface area (Å²) >= 11 is 0. The Morgan fingerprint density at radius 3 is 2.75 bits per heavy atom. The van der Waals surface area contributed by atoms with Gasteiger partial charge in [-0.1, -0.05) is 6.42 Å². The van der Waals surface area contributed by atoms with Crippen LogP contribution in [0.15, 0.2) is 35.4 Å². The van der Waals surface area contributed by atoms with Gasteiger partial charge in [0.25, 0.3) is 11.5 Å². The average molecular weight is 333 g/mol. The number of amides is 1. The quantitative estimate of drug-likeness (QED) is 0.881. The van der Waals surface area contributed by atoms with Crippen LogP contribution >= 0.6 is 0 Å². The third-order valence-electron chi connectivity index (χ3n) is 4.51. The number of nitrogens with one attached hydrogen (secondary N) is 2. The lowest BCUT2D eigenvalue weighted by atomic mass is 9.65. The van der Waals surface area contributed by atoms with E-state index in [0.717, 1.165) is 37.6 Å². The Bertz CT molecular complexity index is 815. The Morgan fingerprint density at radius 2 is 2.08 bits per heavy atom. The summed E-state index contributed by atoms with van der Waals surface area (Å²) in [6, 6.07) is 3.42. The largest absolute Gasteiger partial charge is 0.350 e. The zero-order valence-corrected chi connectivity index (χ0v) is 12.9. The maximum atomic E-state index is 13.9. The van der Waals surface area contributed by atoms with E-state index >= 15 is 0 Å². The summed E-state index contributed by atoms with van der Waals surface area (Å²) in [5, 5.41) is 2.76. The van der Waals surface area contributed by atoms with Crippen LogP contribution in [0.5, 0.6) is 0 Å². The van der Waals surface area contributed by atoms with E-state index in [1.54, 1.807) is 0 Å². The fourth-order valence-electron chi connectivity index (χ4n) is 3.03. The zero-order valence-electron chi connectivity index (χ0n) is 12.9. The highest BCUT2D eigenvalue weighted by Crippen LogP contribution is 2.43. The van der Waals surface area contributed by atoms with Crippen molar-refractivity contribution in [3.8, 4) is 0 Å². The molecular formula is C17H17F2N3O2. The van der Waals surface area contributed by atoms with Gasteiger partial charge < -0.3 is 10.3 Å². The number of aromatic amines is 1. The van der Waals surface area contributed by atoms with Crippen LogP contribution in [-0.4, -0.2) is 22.4 Å². The van der Waals surface area contributed by atoms with E-state index in [4.69, 9.17) is 0 Å². The van der Waals surface area contributed by atoms with E-state index in [2.05, 4.69) is 15.3 Å². The Balaban J connectivity index is 1.69. The summed E-state index contributed by atoms with van der Waals surface area (Å²) in [6.07, 6.45) is 5.35. The summed E-state index contributed by atoms with van der Waals surface area (Å²) in [4.78, 5) is 29.4. The van der Waals surface area contributed by atoms with Crippen molar-refractivity contribution in [1.82, 2.24) is 15.3 Å². The summed E-state index contributed by atoms with van der Waals surface area (Å²) in [7, 11) is 0. The van der Waals surface area contributed by atoms with E-state index in [1.165, 1.54) is 12.3 Å². The molecule has 1 aromatic carbocycles. The molecular weight excluding hydrogens is 316 g/mol. The number of hydrogen-bond acceptors (Lipinski definition) is 3. The van der Waals surface area contributed by atoms with Crippen LogP contribution in [-0.2, 0) is 6.42 Å². The topological polar surface area (TPSA) is 74.8 Å². The molecule has 0 saturated heterocycles. The van der Waals surface area contributed by atoms with Gasteiger partial charge in [-0.2, -0.15) is 0 Å². The molecule has 0 spiro atoms. The summed E-state index contributed by atoms with van der Waals surface area (Å²) < 4.78 is 27.2. The van der Waals surface area contributed by atoms with E-state index in [1.807, 2.05) is 0 Å². The van der Waals surface area contributed by atoms with Gasteiger partial charge in [-0.3, -0.25) is 14.6 Å². The van der Waals surface area contributed by atoms with Crippen LogP contribution in [0.1, 0.15) is 35.3 Å². The van der Waals surface area contributed by atoms with Crippen molar-refractivity contribution in [2.45, 2.75) is 25.7 Å². The molecule has 7 heteroatoms. The van der Waals surface area contributed by atoms with Crippen LogP contribution < -0.4 is 10.9 Å². The third kappa shape index (κ3) is 3.50. The first kappa shape index (κ1) is 16.3. The monoisotopic (exact) mass is 333 g/mol. The molecule has 24 heavy (non-hydrogen) atoms. The van der Waals surface area contributed by atoms with Gasteiger partial charge in [-0.05, 0) is 48.4 Å². The fourth-order valence-corrected chi connectivity index (χ4v) is 3.03. The lowest BCUT2D eigenvalue weighted by Gasteiger charge is -2.42. The molecule has 126 valence electrons. The molecule has 1 aliphatic carbocycles. The predicted molar refractivity (Wildman–Crippen MR) is 83.5 cm³/mol. The van der Waals surface area contributed by atoms with Gasteiger partial charge in [0.2, 0.25) is 0 Å². The van der Waals surface area contributed by atoms with E-state index < -0.39 is 23.1 Å². The minimum atomic E-state index is -0.474. The van der Waals surface area contributed by atoms with Crippen molar-refractivity contribution in [3.05, 3.63) is 63.8 Å². The molecule has 1 aromatic heterocycles. The number of aromatic nitrogens is 2. The number of halogens is 2. The minimum absolute atomic E-state index is 0.0777. The zero-order chi connectivity index (χ0) is 17.2. The van der Waals surface area contributed by atoms with Crippen molar-refractivity contribution in [1.29, 1.82) is 0 Å². The minimum Gasteiger partial charge on any atom is -0.350 e. The maximum absolute atomic E-state index is 13.9. The Hall–Kier alpha value is -2.57. The summed E-state index contributed by atoms with van der Waals surface area (Å²) in [6.45, 7) is 0.332. The highest BCUT2D eigenvalue weighted by molar-refractivity contribution is 5.91. The second-order valence-corrected chi connectivity index (χ2v) is 6.26. The third-order valence-corrected chi connectivity index (χ3v) is 4.51. The summed E-state index contributed by atoms with van der Waals surface area (Å²) in [5.74, 6) is -1.35. The number of benzene rings is 1. The molecule has 1 aliphatic rings. The molecule has 3 rings (SSSR count). The molecule has 0 atom stereocenters. The van der Waals surface area contributed by atoms with Crippen LogP contribution in [0.2, 0.25) is 0 Å². The molecule has 0 unspecified atom stereocenters. The molecule has 2 N–H and O–H groups in total. The Morgan fingerprint density at radius 1 is 1.29 bits per heavy atom. The number of H-pyrrole nitrogens is 1. The molecule has 2 aromatic rings. The van der Waals surface area contributed by atoms with Crippen LogP contribution in [0.3, 0.4) is 0 Å². The smallest absolute Gasteiger partial charge is 0.269 e. The van der Waals surface area contributed by atoms with Gasteiger partial charge in [0.05, 0.1) is 12.4 Å². The second kappa shape index (κ2) is 6.51. The number of nitrogens with zero attached hydrogens (tertiary/aromatic N) is 1. The predicted octanol–water partition coefficient (Wildman–Crippen LogP) is 2.19. The first-order valence-corrected chi connectivity index (χ1v) is 7.74. The molecule has 0 radical (unpaired) electrons. The standard InChI is InChI=1S/C17H17F2N3O2/c18-12-2-3-13(19)11(6-12)7-17(4-1-5-17)10-21-16(24)14-8-20-9-15(23)22-14/h2-3,6,8-9H,1,4-5,7,10H2,(H,21,24)(H,22,23). The fraction of sp³-hybridized carbons (Fsp3) is 0.353.